The summed E-state index contributed by atoms with van der Waals surface area (Å²) in [4.78, 5) is 0. The Balaban J connectivity index is 2.40. The molecule has 20 heavy (non-hydrogen) atoms. The Hall–Kier alpha value is -1.94. The molecule has 0 spiro atoms. The van der Waals surface area contributed by atoms with E-state index < -0.39 is 5.82 Å². The largest absolute Gasteiger partial charge is 0.494 e. The Bertz CT molecular complexity index is 586. The molecule has 1 N–H and O–H groups in total. The van der Waals surface area contributed by atoms with E-state index in [2.05, 4.69) is 5.32 Å². The molecule has 2 aromatic rings. The SMILES string of the molecule is CCNC(c1cccc(F)c1)c1ccc(OC)c(F)c1. The lowest BCUT2D eigenvalue weighted by molar-refractivity contribution is 0.385. The minimum Gasteiger partial charge on any atom is -0.494 e. The van der Waals surface area contributed by atoms with E-state index in [1.165, 1.54) is 25.3 Å². The second kappa shape index (κ2) is 6.48. The fourth-order valence-corrected chi connectivity index (χ4v) is 2.18. The average Bonchev–Trinajstić information content (AvgIpc) is 2.44. The van der Waals surface area contributed by atoms with E-state index in [9.17, 15) is 8.78 Å². The molecule has 2 nitrogen and oxygen atoms in total. The Morgan fingerprint density at radius 1 is 1.10 bits per heavy atom. The van der Waals surface area contributed by atoms with Crippen molar-refractivity contribution in [3.8, 4) is 5.75 Å². The van der Waals surface area contributed by atoms with Gasteiger partial charge in [0.25, 0.3) is 0 Å². The van der Waals surface area contributed by atoms with Gasteiger partial charge in [-0.25, -0.2) is 8.78 Å². The molecule has 0 aromatic heterocycles. The molecule has 0 heterocycles. The van der Waals surface area contributed by atoms with Crippen molar-refractivity contribution in [3.63, 3.8) is 0 Å². The monoisotopic (exact) mass is 277 g/mol. The molecular weight excluding hydrogens is 260 g/mol. The smallest absolute Gasteiger partial charge is 0.165 e. The van der Waals surface area contributed by atoms with E-state index in [-0.39, 0.29) is 17.6 Å². The highest BCUT2D eigenvalue weighted by atomic mass is 19.1. The summed E-state index contributed by atoms with van der Waals surface area (Å²) in [6.07, 6.45) is 0. The molecule has 0 saturated heterocycles. The van der Waals surface area contributed by atoms with Gasteiger partial charge in [-0.15, -0.1) is 0 Å². The number of ether oxygens (including phenoxy) is 1. The van der Waals surface area contributed by atoms with Crippen molar-refractivity contribution in [2.75, 3.05) is 13.7 Å². The standard InChI is InChI=1S/C16H17F2NO/c1-3-19-16(11-5-4-6-13(17)9-11)12-7-8-15(20-2)14(18)10-12/h4-10,16,19H,3H2,1-2H3. The van der Waals surface area contributed by atoms with Crippen LogP contribution in [0.25, 0.3) is 0 Å². The minimum atomic E-state index is -0.427. The quantitative estimate of drug-likeness (QED) is 0.900. The number of benzene rings is 2. The highest BCUT2D eigenvalue weighted by Gasteiger charge is 2.15. The Morgan fingerprint density at radius 3 is 2.45 bits per heavy atom. The summed E-state index contributed by atoms with van der Waals surface area (Å²) in [5, 5.41) is 3.23. The molecular formula is C16H17F2NO. The van der Waals surface area contributed by atoms with E-state index in [1.807, 2.05) is 13.0 Å². The molecule has 4 heteroatoms. The van der Waals surface area contributed by atoms with Crippen LogP contribution < -0.4 is 10.1 Å². The van der Waals surface area contributed by atoms with Gasteiger partial charge in [0.15, 0.2) is 11.6 Å². The molecule has 1 unspecified atom stereocenters. The Kier molecular flexibility index (Phi) is 4.69. The van der Waals surface area contributed by atoms with E-state index in [1.54, 1.807) is 18.2 Å². The molecule has 0 aliphatic heterocycles. The second-order valence-corrected chi connectivity index (χ2v) is 4.44. The molecule has 0 amide bonds. The van der Waals surface area contributed by atoms with E-state index in [4.69, 9.17) is 4.74 Å². The van der Waals surface area contributed by atoms with Crippen LogP contribution in [0.5, 0.6) is 5.75 Å². The van der Waals surface area contributed by atoms with Crippen molar-refractivity contribution in [1.29, 1.82) is 0 Å². The van der Waals surface area contributed by atoms with Gasteiger partial charge in [-0.1, -0.05) is 25.1 Å². The molecule has 0 bridgehead atoms. The van der Waals surface area contributed by atoms with Crippen molar-refractivity contribution in [2.24, 2.45) is 0 Å². The number of methoxy groups -OCH3 is 1. The molecule has 106 valence electrons. The summed E-state index contributed by atoms with van der Waals surface area (Å²) in [5.41, 5.74) is 1.49. The van der Waals surface area contributed by atoms with Crippen LogP contribution in [0.4, 0.5) is 8.78 Å². The predicted molar refractivity (Wildman–Crippen MR) is 74.9 cm³/mol. The Morgan fingerprint density at radius 2 is 1.85 bits per heavy atom. The zero-order valence-corrected chi connectivity index (χ0v) is 11.5. The van der Waals surface area contributed by atoms with Crippen molar-refractivity contribution >= 4 is 0 Å². The third kappa shape index (κ3) is 3.14. The second-order valence-electron chi connectivity index (χ2n) is 4.44. The zero-order valence-electron chi connectivity index (χ0n) is 11.5. The number of nitrogens with one attached hydrogen (secondary N) is 1. The first-order chi connectivity index (χ1) is 9.65. The average molecular weight is 277 g/mol. The maximum absolute atomic E-state index is 13.8. The third-order valence-corrected chi connectivity index (χ3v) is 3.10. The van der Waals surface area contributed by atoms with E-state index in [0.29, 0.717) is 6.54 Å². The van der Waals surface area contributed by atoms with Crippen molar-refractivity contribution < 1.29 is 13.5 Å². The van der Waals surface area contributed by atoms with Gasteiger partial charge in [0.05, 0.1) is 13.2 Å². The summed E-state index contributed by atoms with van der Waals surface area (Å²) < 4.78 is 32.1. The minimum absolute atomic E-state index is 0.197. The lowest BCUT2D eigenvalue weighted by Gasteiger charge is -2.19. The van der Waals surface area contributed by atoms with Gasteiger partial charge >= 0.3 is 0 Å². The lowest BCUT2D eigenvalue weighted by Crippen LogP contribution is -2.22. The predicted octanol–water partition coefficient (Wildman–Crippen LogP) is 3.67. The topological polar surface area (TPSA) is 21.3 Å². The zero-order chi connectivity index (χ0) is 14.5. The van der Waals surface area contributed by atoms with Crippen LogP contribution in [-0.4, -0.2) is 13.7 Å². The van der Waals surface area contributed by atoms with Crippen LogP contribution in [0.2, 0.25) is 0 Å². The van der Waals surface area contributed by atoms with Crippen LogP contribution in [0.3, 0.4) is 0 Å². The molecule has 2 aromatic carbocycles. The summed E-state index contributed by atoms with van der Waals surface area (Å²) in [6, 6.07) is 10.8. The van der Waals surface area contributed by atoms with Gasteiger partial charge in [0.2, 0.25) is 0 Å². The normalized spacial score (nSPS) is 12.2. The summed E-state index contributed by atoms with van der Waals surface area (Å²) >= 11 is 0. The maximum Gasteiger partial charge on any atom is 0.165 e. The maximum atomic E-state index is 13.8. The number of hydrogen-bond donors (Lipinski definition) is 1. The molecule has 0 aliphatic carbocycles. The highest BCUT2D eigenvalue weighted by molar-refractivity contribution is 5.36. The van der Waals surface area contributed by atoms with Crippen molar-refractivity contribution in [1.82, 2.24) is 5.32 Å². The number of hydrogen-bond acceptors (Lipinski definition) is 2. The number of halogens is 2. The molecule has 0 aliphatic rings. The fraction of sp³-hybridized carbons (Fsp3) is 0.250. The van der Waals surface area contributed by atoms with Gasteiger partial charge < -0.3 is 10.1 Å². The first kappa shape index (κ1) is 14.5. The van der Waals surface area contributed by atoms with Crippen molar-refractivity contribution in [3.05, 3.63) is 65.2 Å². The molecule has 0 saturated carbocycles. The fourth-order valence-electron chi connectivity index (χ4n) is 2.18. The van der Waals surface area contributed by atoms with Crippen LogP contribution in [0.15, 0.2) is 42.5 Å². The van der Waals surface area contributed by atoms with Gasteiger partial charge in [0.1, 0.15) is 5.82 Å². The van der Waals surface area contributed by atoms with Crippen LogP contribution in [-0.2, 0) is 0 Å². The van der Waals surface area contributed by atoms with Crippen LogP contribution in [0, 0.1) is 11.6 Å². The molecule has 0 radical (unpaired) electrons. The van der Waals surface area contributed by atoms with E-state index >= 15 is 0 Å². The summed E-state index contributed by atoms with van der Waals surface area (Å²) in [7, 11) is 1.42. The van der Waals surface area contributed by atoms with Crippen molar-refractivity contribution in [2.45, 2.75) is 13.0 Å². The number of rotatable bonds is 5. The molecule has 2 rings (SSSR count). The van der Waals surface area contributed by atoms with Crippen LogP contribution >= 0.6 is 0 Å². The first-order valence-electron chi connectivity index (χ1n) is 6.48. The van der Waals surface area contributed by atoms with Gasteiger partial charge in [-0.3, -0.25) is 0 Å². The van der Waals surface area contributed by atoms with Gasteiger partial charge in [-0.05, 0) is 41.9 Å². The third-order valence-electron chi connectivity index (χ3n) is 3.10. The highest BCUT2D eigenvalue weighted by Crippen LogP contribution is 2.26. The van der Waals surface area contributed by atoms with Gasteiger partial charge in [0, 0.05) is 0 Å². The summed E-state index contributed by atoms with van der Waals surface area (Å²) in [5.74, 6) is -0.535. The molecule has 0 fully saturated rings. The Labute approximate surface area is 117 Å². The molecule has 1 atom stereocenters. The van der Waals surface area contributed by atoms with Gasteiger partial charge in [-0.2, -0.15) is 0 Å². The first-order valence-corrected chi connectivity index (χ1v) is 6.48. The van der Waals surface area contributed by atoms with E-state index in [0.717, 1.165) is 11.1 Å². The summed E-state index contributed by atoms with van der Waals surface area (Å²) in [6.45, 7) is 2.64. The lowest BCUT2D eigenvalue weighted by atomic mass is 9.98. The van der Waals surface area contributed by atoms with Crippen LogP contribution in [0.1, 0.15) is 24.1 Å².